The summed E-state index contributed by atoms with van der Waals surface area (Å²) >= 11 is 0. The van der Waals surface area contributed by atoms with Gasteiger partial charge in [0.1, 0.15) is 12.4 Å². The summed E-state index contributed by atoms with van der Waals surface area (Å²) in [7, 11) is -6.14. The smallest absolute Gasteiger partial charge is 0.308 e. The van der Waals surface area contributed by atoms with Crippen LogP contribution in [0.15, 0.2) is 121 Å². The lowest BCUT2D eigenvalue weighted by Gasteiger charge is -2.46. The van der Waals surface area contributed by atoms with Crippen molar-refractivity contribution in [1.29, 1.82) is 0 Å². The molecule has 0 fully saturated rings. The van der Waals surface area contributed by atoms with Gasteiger partial charge in [-0.05, 0) is 37.7 Å². The molecule has 47 heavy (non-hydrogen) atoms. The Morgan fingerprint density at radius 2 is 0.957 bits per heavy atom. The number of benzene rings is 4. The highest BCUT2D eigenvalue weighted by molar-refractivity contribution is 7.00. The summed E-state index contributed by atoms with van der Waals surface area (Å²) in [5.41, 5.74) is 0. The number of carbonyl (C=O) groups excluding carboxylic acids is 2. The molecular formula is C40H50O5Si2. The first-order chi connectivity index (χ1) is 22.4. The van der Waals surface area contributed by atoms with Gasteiger partial charge in [0.25, 0.3) is 16.6 Å². The Morgan fingerprint density at radius 1 is 0.617 bits per heavy atom. The van der Waals surface area contributed by atoms with Gasteiger partial charge in [-0.25, -0.2) is 0 Å². The van der Waals surface area contributed by atoms with E-state index in [1.54, 1.807) is 6.92 Å². The predicted octanol–water partition coefficient (Wildman–Crippen LogP) is 6.42. The molecule has 0 unspecified atom stereocenters. The minimum absolute atomic E-state index is 0.00673. The van der Waals surface area contributed by atoms with Crippen LogP contribution in [0.2, 0.25) is 10.1 Å². The van der Waals surface area contributed by atoms with Crippen LogP contribution in [-0.4, -0.2) is 47.7 Å². The molecule has 248 valence electrons. The Hall–Kier alpha value is -3.63. The number of carbonyl (C=O) groups is 2. The van der Waals surface area contributed by atoms with Crippen molar-refractivity contribution in [3.8, 4) is 0 Å². The van der Waals surface area contributed by atoms with Gasteiger partial charge in [-0.3, -0.25) is 4.79 Å². The number of hydrogen-bond acceptors (Lipinski definition) is 5. The van der Waals surface area contributed by atoms with Crippen molar-refractivity contribution in [1.82, 2.24) is 0 Å². The minimum Gasteiger partial charge on any atom is -0.466 e. The standard InChI is InChI=1S/C40H50O5Si2/c1-8-43-38(42)30-32(44-46(39(2,3)4,34-21-13-9-14-22-34)35-23-15-10-16-24-35)29-33(31-41)45-47(40(5,6)7,36-25-17-11-18-26-36)37-27-19-12-20-28-37/h9-28,31-33H,8,29-30H2,1-7H3/t32-,33+/m0/s1. The second-order valence-electron chi connectivity index (χ2n) is 14.1. The van der Waals surface area contributed by atoms with Crippen molar-refractivity contribution >= 4 is 49.6 Å². The molecule has 0 spiro atoms. The molecule has 0 aromatic heterocycles. The van der Waals surface area contributed by atoms with Crippen LogP contribution in [0, 0.1) is 0 Å². The van der Waals surface area contributed by atoms with Crippen LogP contribution in [0.25, 0.3) is 0 Å². The van der Waals surface area contributed by atoms with E-state index in [0.29, 0.717) is 0 Å². The fourth-order valence-corrected chi connectivity index (χ4v) is 16.1. The van der Waals surface area contributed by atoms with Gasteiger partial charge in [0.15, 0.2) is 0 Å². The third-order valence-electron chi connectivity index (χ3n) is 8.85. The van der Waals surface area contributed by atoms with Gasteiger partial charge in [-0.15, -0.1) is 0 Å². The molecule has 0 heterocycles. The highest BCUT2D eigenvalue weighted by atomic mass is 28.4. The molecule has 0 amide bonds. The Kier molecular flexibility index (Phi) is 12.0. The highest BCUT2D eigenvalue weighted by Gasteiger charge is 2.54. The summed E-state index contributed by atoms with van der Waals surface area (Å²) in [4.78, 5) is 26.4. The fourth-order valence-electron chi connectivity index (χ4n) is 6.83. The maximum atomic E-state index is 13.2. The number of ether oxygens (including phenoxy) is 1. The van der Waals surface area contributed by atoms with Crippen molar-refractivity contribution < 1.29 is 23.2 Å². The van der Waals surface area contributed by atoms with Gasteiger partial charge in [0.2, 0.25) is 0 Å². The van der Waals surface area contributed by atoms with Crippen LogP contribution in [0.3, 0.4) is 0 Å². The fraction of sp³-hybridized carbons (Fsp3) is 0.350. The van der Waals surface area contributed by atoms with Crippen LogP contribution < -0.4 is 20.7 Å². The average Bonchev–Trinajstić information content (AvgIpc) is 3.06. The molecule has 0 aliphatic carbocycles. The van der Waals surface area contributed by atoms with Crippen molar-refractivity contribution in [3.05, 3.63) is 121 Å². The van der Waals surface area contributed by atoms with E-state index < -0.39 is 28.8 Å². The lowest BCUT2D eigenvalue weighted by molar-refractivity contribution is -0.145. The van der Waals surface area contributed by atoms with Crippen molar-refractivity contribution in [2.75, 3.05) is 6.61 Å². The highest BCUT2D eigenvalue weighted by Crippen LogP contribution is 2.40. The van der Waals surface area contributed by atoms with Crippen LogP contribution in [0.4, 0.5) is 0 Å². The SMILES string of the molecule is CCOC(=O)C[C@H](C[C@H](C=O)O[Si](c1ccccc1)(c1ccccc1)C(C)(C)C)O[Si](c1ccccc1)(c1ccccc1)C(C)(C)C. The average molecular weight is 667 g/mol. The number of rotatable bonds is 14. The third kappa shape index (κ3) is 7.92. The Labute approximate surface area is 283 Å². The lowest BCUT2D eigenvalue weighted by Crippen LogP contribution is -2.69. The molecule has 5 nitrogen and oxygen atoms in total. The normalized spacial score (nSPS) is 13.9. The van der Waals surface area contributed by atoms with Crippen molar-refractivity contribution in [2.45, 2.75) is 83.6 Å². The van der Waals surface area contributed by atoms with E-state index >= 15 is 0 Å². The number of esters is 1. The molecule has 7 heteroatoms. The van der Waals surface area contributed by atoms with E-state index in [4.69, 9.17) is 13.6 Å². The Morgan fingerprint density at radius 3 is 1.26 bits per heavy atom. The van der Waals surface area contributed by atoms with Gasteiger partial charge >= 0.3 is 5.97 Å². The maximum Gasteiger partial charge on any atom is 0.308 e. The summed E-state index contributed by atoms with van der Waals surface area (Å²) in [5, 5.41) is 3.72. The first-order valence-corrected chi connectivity index (χ1v) is 20.4. The number of aldehydes is 1. The van der Waals surface area contributed by atoms with Crippen molar-refractivity contribution in [2.24, 2.45) is 0 Å². The zero-order valence-corrected chi connectivity index (χ0v) is 30.9. The zero-order chi connectivity index (χ0) is 34.1. The van der Waals surface area contributed by atoms with Gasteiger partial charge in [0, 0.05) is 6.42 Å². The van der Waals surface area contributed by atoms with E-state index in [1.165, 1.54) is 0 Å². The third-order valence-corrected chi connectivity index (χ3v) is 19.0. The van der Waals surface area contributed by atoms with Gasteiger partial charge in [0.05, 0.1) is 19.1 Å². The van der Waals surface area contributed by atoms with Gasteiger partial charge in [-0.1, -0.05) is 163 Å². The topological polar surface area (TPSA) is 61.8 Å². The summed E-state index contributed by atoms with van der Waals surface area (Å²) < 4.78 is 20.2. The molecule has 0 saturated carbocycles. The van der Waals surface area contributed by atoms with E-state index in [0.717, 1.165) is 27.0 Å². The molecule has 0 saturated heterocycles. The first-order valence-electron chi connectivity index (χ1n) is 16.6. The summed E-state index contributed by atoms with van der Waals surface area (Å²) in [6.07, 6.45) is -0.371. The second-order valence-corrected chi connectivity index (χ2v) is 22.6. The molecule has 0 aliphatic rings. The molecule has 4 aromatic carbocycles. The molecule has 4 rings (SSSR count). The van der Waals surface area contributed by atoms with E-state index in [1.807, 2.05) is 72.8 Å². The molecule has 2 atom stereocenters. The predicted molar refractivity (Wildman–Crippen MR) is 197 cm³/mol. The monoisotopic (exact) mass is 666 g/mol. The minimum atomic E-state index is -3.07. The van der Waals surface area contributed by atoms with E-state index in [-0.39, 0.29) is 35.5 Å². The molecule has 0 radical (unpaired) electrons. The molecule has 0 N–H and O–H groups in total. The lowest BCUT2D eigenvalue weighted by atomic mass is 10.1. The van der Waals surface area contributed by atoms with Crippen LogP contribution in [0.1, 0.15) is 61.3 Å². The second kappa shape index (κ2) is 15.5. The summed E-state index contributed by atoms with van der Waals surface area (Å²) in [6, 6.07) is 41.2. The van der Waals surface area contributed by atoms with E-state index in [2.05, 4.69) is 90.1 Å². The Bertz CT molecular complexity index is 1470. The van der Waals surface area contributed by atoms with Gasteiger partial charge < -0.3 is 18.4 Å². The maximum absolute atomic E-state index is 13.2. The molecule has 0 aliphatic heterocycles. The first kappa shape index (κ1) is 36.2. The van der Waals surface area contributed by atoms with Crippen LogP contribution in [0.5, 0.6) is 0 Å². The molecule has 0 bridgehead atoms. The zero-order valence-electron chi connectivity index (χ0n) is 28.9. The van der Waals surface area contributed by atoms with Crippen LogP contribution in [-0.2, 0) is 23.2 Å². The van der Waals surface area contributed by atoms with Gasteiger partial charge in [-0.2, -0.15) is 0 Å². The summed E-state index contributed by atoms with van der Waals surface area (Å²) in [5.74, 6) is -0.356. The van der Waals surface area contributed by atoms with E-state index in [9.17, 15) is 9.59 Å². The molecular weight excluding hydrogens is 617 g/mol. The summed E-state index contributed by atoms with van der Waals surface area (Å²) in [6.45, 7) is 15.3. The molecule has 4 aromatic rings. The quantitative estimate of drug-likeness (QED) is 0.0884. The van der Waals surface area contributed by atoms with Crippen LogP contribution >= 0.6 is 0 Å². The Balaban J connectivity index is 1.86. The largest absolute Gasteiger partial charge is 0.466 e. The van der Waals surface area contributed by atoms with Crippen molar-refractivity contribution in [3.63, 3.8) is 0 Å². The number of hydrogen-bond donors (Lipinski definition) is 0.